The van der Waals surface area contributed by atoms with Gasteiger partial charge in [-0.15, -0.1) is 0 Å². The van der Waals surface area contributed by atoms with Crippen molar-refractivity contribution >= 4 is 11.9 Å². The third kappa shape index (κ3) is 2.95. The van der Waals surface area contributed by atoms with Crippen LogP contribution in [0.1, 0.15) is 32.6 Å². The van der Waals surface area contributed by atoms with Crippen molar-refractivity contribution < 1.29 is 19.4 Å². The highest BCUT2D eigenvalue weighted by molar-refractivity contribution is 5.91. The number of aliphatic carboxylic acids is 1. The third-order valence-electron chi connectivity index (χ3n) is 3.74. The van der Waals surface area contributed by atoms with Gasteiger partial charge in [0.25, 0.3) is 0 Å². The van der Waals surface area contributed by atoms with E-state index in [4.69, 9.17) is 9.84 Å². The molecule has 0 aromatic heterocycles. The lowest BCUT2D eigenvalue weighted by Crippen LogP contribution is -2.17. The summed E-state index contributed by atoms with van der Waals surface area (Å²) in [6.07, 6.45) is 5.95. The van der Waals surface area contributed by atoms with Crippen molar-refractivity contribution in [2.75, 3.05) is 0 Å². The lowest BCUT2D eigenvalue weighted by molar-refractivity contribution is -0.139. The van der Waals surface area contributed by atoms with Gasteiger partial charge in [-0.25, -0.2) is 9.59 Å². The number of carboxylic acids is 1. The number of rotatable bonds is 1. The van der Waals surface area contributed by atoms with Gasteiger partial charge < -0.3 is 9.84 Å². The van der Waals surface area contributed by atoms with Crippen molar-refractivity contribution in [2.24, 2.45) is 5.92 Å². The molecule has 0 saturated carbocycles. The molecule has 1 N–H and O–H groups in total. The average Bonchev–Trinajstić information content (AvgIpc) is 2.60. The minimum absolute atomic E-state index is 0.108. The van der Waals surface area contributed by atoms with Crippen LogP contribution >= 0.6 is 0 Å². The summed E-state index contributed by atoms with van der Waals surface area (Å²) in [7, 11) is 0. The van der Waals surface area contributed by atoms with Gasteiger partial charge in [-0.1, -0.05) is 24.3 Å². The number of ether oxygens (including phenoxy) is 1. The lowest BCUT2D eigenvalue weighted by atomic mass is 9.88. The number of carbonyl (C=O) groups excluding carboxylic acids is 1. The van der Waals surface area contributed by atoms with E-state index in [1.54, 1.807) is 6.08 Å². The zero-order chi connectivity index (χ0) is 14.0. The molecule has 0 aromatic rings. The Labute approximate surface area is 112 Å². The third-order valence-corrected chi connectivity index (χ3v) is 3.74. The predicted octanol–water partition coefficient (Wildman–Crippen LogP) is 2.62. The van der Waals surface area contributed by atoms with Gasteiger partial charge in [0.2, 0.25) is 0 Å². The molecule has 0 bridgehead atoms. The number of hydrogen-bond donors (Lipinski definition) is 1. The second-order valence-electron chi connectivity index (χ2n) is 5.14. The summed E-state index contributed by atoms with van der Waals surface area (Å²) >= 11 is 0. The number of carboxylic acid groups (broad SMARTS) is 1. The molecule has 1 saturated heterocycles. The number of allylic oxidation sites excluding steroid dienone is 2. The fourth-order valence-corrected chi connectivity index (χ4v) is 2.59. The van der Waals surface area contributed by atoms with E-state index in [2.05, 4.69) is 6.58 Å². The summed E-state index contributed by atoms with van der Waals surface area (Å²) in [6.45, 7) is 5.75. The van der Waals surface area contributed by atoms with Crippen LogP contribution in [0, 0.1) is 5.92 Å². The van der Waals surface area contributed by atoms with E-state index in [1.807, 2.05) is 13.0 Å². The second kappa shape index (κ2) is 5.43. The molecule has 1 heterocycles. The molecule has 4 heteroatoms. The summed E-state index contributed by atoms with van der Waals surface area (Å²) < 4.78 is 5.32. The highest BCUT2D eigenvalue weighted by Gasteiger charge is 2.37. The lowest BCUT2D eigenvalue weighted by Gasteiger charge is -2.18. The first-order chi connectivity index (χ1) is 8.99. The molecule has 2 aliphatic rings. The zero-order valence-corrected chi connectivity index (χ0v) is 11.0. The van der Waals surface area contributed by atoms with Crippen molar-refractivity contribution in [3.63, 3.8) is 0 Å². The summed E-state index contributed by atoms with van der Waals surface area (Å²) in [5.74, 6) is -1.35. The SMILES string of the molecule is C=C1C(=O)OC2CC(C)=CCCC(C(=O)O)=CCC12. The van der Waals surface area contributed by atoms with Gasteiger partial charge in [0.1, 0.15) is 6.10 Å². The molecule has 2 unspecified atom stereocenters. The van der Waals surface area contributed by atoms with E-state index < -0.39 is 5.97 Å². The van der Waals surface area contributed by atoms with E-state index in [9.17, 15) is 9.59 Å². The predicted molar refractivity (Wildman–Crippen MR) is 70.5 cm³/mol. The minimum Gasteiger partial charge on any atom is -0.478 e. The molecule has 2 atom stereocenters. The van der Waals surface area contributed by atoms with Crippen LogP contribution in [0.25, 0.3) is 0 Å². The van der Waals surface area contributed by atoms with Crippen LogP contribution in [-0.4, -0.2) is 23.1 Å². The monoisotopic (exact) mass is 262 g/mol. The molecule has 0 aromatic carbocycles. The minimum atomic E-state index is -0.890. The average molecular weight is 262 g/mol. The number of hydrogen-bond acceptors (Lipinski definition) is 3. The van der Waals surface area contributed by atoms with Crippen molar-refractivity contribution in [1.82, 2.24) is 0 Å². The van der Waals surface area contributed by atoms with Crippen LogP contribution in [0.2, 0.25) is 0 Å². The first-order valence-corrected chi connectivity index (χ1v) is 6.46. The molecule has 102 valence electrons. The Bertz CT molecular complexity index is 484. The van der Waals surface area contributed by atoms with Crippen molar-refractivity contribution in [2.45, 2.75) is 38.7 Å². The Kier molecular flexibility index (Phi) is 3.88. The normalized spacial score (nSPS) is 28.1. The molecule has 2 rings (SSSR count). The highest BCUT2D eigenvalue weighted by atomic mass is 16.6. The Balaban J connectivity index is 2.28. The van der Waals surface area contributed by atoms with E-state index in [-0.39, 0.29) is 18.0 Å². The molecule has 0 amide bonds. The summed E-state index contributed by atoms with van der Waals surface area (Å²) in [5.41, 5.74) is 1.99. The van der Waals surface area contributed by atoms with Crippen molar-refractivity contribution in [1.29, 1.82) is 0 Å². The maximum atomic E-state index is 11.6. The van der Waals surface area contributed by atoms with Crippen LogP contribution in [-0.2, 0) is 14.3 Å². The maximum Gasteiger partial charge on any atom is 0.334 e. The first kappa shape index (κ1) is 13.6. The molecule has 1 fully saturated rings. The Morgan fingerprint density at radius 2 is 2.21 bits per heavy atom. The van der Waals surface area contributed by atoms with Crippen LogP contribution in [0.4, 0.5) is 0 Å². The van der Waals surface area contributed by atoms with Gasteiger partial charge in [-0.3, -0.25) is 0 Å². The fraction of sp³-hybridized carbons (Fsp3) is 0.467. The first-order valence-electron chi connectivity index (χ1n) is 6.46. The van der Waals surface area contributed by atoms with Gasteiger partial charge in [-0.05, 0) is 26.2 Å². The topological polar surface area (TPSA) is 63.6 Å². The van der Waals surface area contributed by atoms with Gasteiger partial charge in [0.15, 0.2) is 0 Å². The Morgan fingerprint density at radius 1 is 1.47 bits per heavy atom. The maximum absolute atomic E-state index is 11.6. The van der Waals surface area contributed by atoms with Gasteiger partial charge in [-0.2, -0.15) is 0 Å². The molecule has 4 nitrogen and oxygen atoms in total. The van der Waals surface area contributed by atoms with Gasteiger partial charge in [0.05, 0.1) is 0 Å². The number of esters is 1. The Morgan fingerprint density at radius 3 is 2.89 bits per heavy atom. The fourth-order valence-electron chi connectivity index (χ4n) is 2.59. The van der Waals surface area contributed by atoms with E-state index in [1.165, 1.54) is 0 Å². The molecule has 1 aliphatic heterocycles. The van der Waals surface area contributed by atoms with Gasteiger partial charge in [0, 0.05) is 23.5 Å². The summed E-state index contributed by atoms with van der Waals surface area (Å²) in [5, 5.41) is 9.13. The van der Waals surface area contributed by atoms with Crippen LogP contribution in [0.5, 0.6) is 0 Å². The number of carbonyl (C=O) groups is 2. The highest BCUT2D eigenvalue weighted by Crippen LogP contribution is 2.34. The van der Waals surface area contributed by atoms with Crippen molar-refractivity contribution in [3.8, 4) is 0 Å². The molecule has 19 heavy (non-hydrogen) atoms. The molecule has 1 aliphatic carbocycles. The van der Waals surface area contributed by atoms with Crippen LogP contribution in [0.15, 0.2) is 35.5 Å². The summed E-state index contributed by atoms with van der Waals surface area (Å²) in [4.78, 5) is 22.7. The zero-order valence-electron chi connectivity index (χ0n) is 11.0. The second-order valence-corrected chi connectivity index (χ2v) is 5.14. The largest absolute Gasteiger partial charge is 0.478 e. The van der Waals surface area contributed by atoms with E-state index in [0.29, 0.717) is 36.8 Å². The van der Waals surface area contributed by atoms with Gasteiger partial charge >= 0.3 is 11.9 Å². The Hall–Kier alpha value is -1.84. The van der Waals surface area contributed by atoms with E-state index in [0.717, 1.165) is 5.57 Å². The van der Waals surface area contributed by atoms with Crippen LogP contribution in [0.3, 0.4) is 0 Å². The quantitative estimate of drug-likeness (QED) is 0.448. The standard InChI is InChI=1S/C15H18O4/c1-9-4-3-5-11(14(16)17)6-7-12-10(2)15(18)19-13(12)8-9/h4,6,12-13H,2-3,5,7-8H2,1H3,(H,16,17). The molecular formula is C15H18O4. The van der Waals surface area contributed by atoms with Crippen molar-refractivity contribution in [3.05, 3.63) is 35.5 Å². The number of fused-ring (bicyclic) bond motifs is 1. The summed E-state index contributed by atoms with van der Waals surface area (Å²) in [6, 6.07) is 0. The van der Waals surface area contributed by atoms with Crippen LogP contribution < -0.4 is 0 Å². The van der Waals surface area contributed by atoms with E-state index >= 15 is 0 Å². The molecule has 0 radical (unpaired) electrons. The smallest absolute Gasteiger partial charge is 0.334 e. The molecule has 0 spiro atoms. The molecular weight excluding hydrogens is 244 g/mol.